The molecule has 1 unspecified atom stereocenters. The zero-order valence-corrected chi connectivity index (χ0v) is 13.6. The maximum Gasteiger partial charge on any atom is 0.257 e. The van der Waals surface area contributed by atoms with E-state index in [-0.39, 0.29) is 11.9 Å². The van der Waals surface area contributed by atoms with Gasteiger partial charge in [0.2, 0.25) is 0 Å². The van der Waals surface area contributed by atoms with Gasteiger partial charge in [-0.1, -0.05) is 13.8 Å². The molecule has 3 heterocycles. The van der Waals surface area contributed by atoms with Crippen LogP contribution in [0.2, 0.25) is 0 Å². The summed E-state index contributed by atoms with van der Waals surface area (Å²) in [6, 6.07) is 4.35. The number of aryl methyl sites for hydroxylation is 1. The average molecular weight is 300 g/mol. The number of fused-ring (bicyclic) bond motifs is 1. The standard InChI is InChI=1S/C17H24N4O/c1-4-8-21-13(3)14(12-18-21)17(22)20-11-10-19-9-6-7-16(19)15(20)5-2/h6-7,9,12,15H,4-5,8,10-11H2,1-3H3. The number of nitrogens with zero attached hydrogens (tertiary/aromatic N) is 4. The molecule has 0 radical (unpaired) electrons. The molecule has 0 spiro atoms. The van der Waals surface area contributed by atoms with Gasteiger partial charge in [0.05, 0.1) is 17.8 Å². The van der Waals surface area contributed by atoms with E-state index >= 15 is 0 Å². The molecule has 0 N–H and O–H groups in total. The van der Waals surface area contributed by atoms with Gasteiger partial charge < -0.3 is 9.47 Å². The number of carbonyl (C=O) groups excluding carboxylic acids is 1. The molecule has 0 aliphatic carbocycles. The fourth-order valence-corrected chi connectivity index (χ4v) is 3.39. The van der Waals surface area contributed by atoms with Crippen LogP contribution in [0.3, 0.4) is 0 Å². The van der Waals surface area contributed by atoms with E-state index in [1.165, 1.54) is 5.69 Å². The van der Waals surface area contributed by atoms with E-state index in [1.807, 2.05) is 16.5 Å². The number of rotatable bonds is 4. The molecule has 22 heavy (non-hydrogen) atoms. The van der Waals surface area contributed by atoms with Gasteiger partial charge in [-0.3, -0.25) is 9.48 Å². The van der Waals surface area contributed by atoms with Crippen molar-refractivity contribution in [3.63, 3.8) is 0 Å². The minimum Gasteiger partial charge on any atom is -0.348 e. The second kappa shape index (κ2) is 5.99. The molecule has 118 valence electrons. The Bertz CT molecular complexity index is 670. The highest BCUT2D eigenvalue weighted by molar-refractivity contribution is 5.95. The third-order valence-electron chi connectivity index (χ3n) is 4.58. The lowest BCUT2D eigenvalue weighted by atomic mass is 10.1. The monoisotopic (exact) mass is 300 g/mol. The van der Waals surface area contributed by atoms with Gasteiger partial charge in [-0.05, 0) is 31.9 Å². The van der Waals surface area contributed by atoms with Crippen molar-refractivity contribution < 1.29 is 4.79 Å². The molecule has 0 fully saturated rings. The van der Waals surface area contributed by atoms with Crippen molar-refractivity contribution in [1.29, 1.82) is 0 Å². The van der Waals surface area contributed by atoms with Crippen LogP contribution in [0.4, 0.5) is 0 Å². The van der Waals surface area contributed by atoms with Crippen molar-refractivity contribution in [1.82, 2.24) is 19.2 Å². The molecule has 2 aromatic rings. The largest absolute Gasteiger partial charge is 0.348 e. The van der Waals surface area contributed by atoms with E-state index in [4.69, 9.17) is 0 Å². The van der Waals surface area contributed by atoms with Crippen molar-refractivity contribution in [3.05, 3.63) is 41.5 Å². The predicted octanol–water partition coefficient (Wildman–Crippen LogP) is 3.01. The van der Waals surface area contributed by atoms with Crippen molar-refractivity contribution in [2.45, 2.75) is 52.7 Å². The lowest BCUT2D eigenvalue weighted by Gasteiger charge is -2.36. The Morgan fingerprint density at radius 3 is 2.91 bits per heavy atom. The molecular weight excluding hydrogens is 276 g/mol. The van der Waals surface area contributed by atoms with Gasteiger partial charge in [0, 0.05) is 37.2 Å². The van der Waals surface area contributed by atoms with Gasteiger partial charge in [0.25, 0.3) is 5.91 Å². The number of hydrogen-bond acceptors (Lipinski definition) is 2. The van der Waals surface area contributed by atoms with E-state index in [9.17, 15) is 4.79 Å². The molecule has 5 nitrogen and oxygen atoms in total. The highest BCUT2D eigenvalue weighted by Crippen LogP contribution is 2.30. The van der Waals surface area contributed by atoms with Crippen LogP contribution in [0.5, 0.6) is 0 Å². The first-order valence-electron chi connectivity index (χ1n) is 8.15. The average Bonchev–Trinajstić information content (AvgIpc) is 3.13. The lowest BCUT2D eigenvalue weighted by Crippen LogP contribution is -2.41. The van der Waals surface area contributed by atoms with Gasteiger partial charge in [-0.15, -0.1) is 0 Å². The maximum atomic E-state index is 13.0. The molecule has 1 aliphatic heterocycles. The summed E-state index contributed by atoms with van der Waals surface area (Å²) >= 11 is 0. The zero-order valence-electron chi connectivity index (χ0n) is 13.6. The Hall–Kier alpha value is -2.04. The minimum absolute atomic E-state index is 0.110. The van der Waals surface area contributed by atoms with Crippen LogP contribution in [0.25, 0.3) is 0 Å². The smallest absolute Gasteiger partial charge is 0.257 e. The van der Waals surface area contributed by atoms with Crippen molar-refractivity contribution in [3.8, 4) is 0 Å². The fraction of sp³-hybridized carbons (Fsp3) is 0.529. The van der Waals surface area contributed by atoms with E-state index < -0.39 is 0 Å². The Balaban J connectivity index is 1.89. The quantitative estimate of drug-likeness (QED) is 0.871. The first kappa shape index (κ1) is 14.9. The SMILES string of the molecule is CCCn1ncc(C(=O)N2CCn3cccc3C2CC)c1C. The van der Waals surface area contributed by atoms with Crippen LogP contribution in [0.1, 0.15) is 54.5 Å². The highest BCUT2D eigenvalue weighted by atomic mass is 16.2. The van der Waals surface area contributed by atoms with Gasteiger partial charge in [0.1, 0.15) is 0 Å². The number of hydrogen-bond donors (Lipinski definition) is 0. The Kier molecular flexibility index (Phi) is 4.05. The molecule has 2 aromatic heterocycles. The minimum atomic E-state index is 0.110. The maximum absolute atomic E-state index is 13.0. The predicted molar refractivity (Wildman–Crippen MR) is 85.8 cm³/mol. The summed E-state index contributed by atoms with van der Waals surface area (Å²) in [7, 11) is 0. The molecule has 0 saturated carbocycles. The van der Waals surface area contributed by atoms with Gasteiger partial charge in [-0.25, -0.2) is 0 Å². The molecule has 0 aromatic carbocycles. The van der Waals surface area contributed by atoms with Crippen LogP contribution in [0.15, 0.2) is 24.5 Å². The zero-order chi connectivity index (χ0) is 15.7. The van der Waals surface area contributed by atoms with Crippen LogP contribution < -0.4 is 0 Å². The third-order valence-corrected chi connectivity index (χ3v) is 4.58. The van der Waals surface area contributed by atoms with Crippen LogP contribution in [0, 0.1) is 6.92 Å². The van der Waals surface area contributed by atoms with Gasteiger partial charge in [0.15, 0.2) is 0 Å². The molecule has 0 bridgehead atoms. The summed E-state index contributed by atoms with van der Waals surface area (Å²) in [5, 5.41) is 4.37. The second-order valence-electron chi connectivity index (χ2n) is 5.92. The van der Waals surface area contributed by atoms with E-state index in [2.05, 4.69) is 41.8 Å². The Labute approximate surface area is 131 Å². The lowest BCUT2D eigenvalue weighted by molar-refractivity contribution is 0.0617. The molecule has 1 amide bonds. The van der Waals surface area contributed by atoms with Crippen LogP contribution in [-0.2, 0) is 13.1 Å². The third kappa shape index (κ3) is 2.34. The summed E-state index contributed by atoms with van der Waals surface area (Å²) in [5.74, 6) is 0.110. The molecular formula is C17H24N4O. The van der Waals surface area contributed by atoms with Crippen molar-refractivity contribution >= 4 is 5.91 Å². The summed E-state index contributed by atoms with van der Waals surface area (Å²) in [6.07, 6.45) is 5.78. The summed E-state index contributed by atoms with van der Waals surface area (Å²) in [5.41, 5.74) is 2.95. The summed E-state index contributed by atoms with van der Waals surface area (Å²) in [6.45, 7) is 8.74. The Morgan fingerprint density at radius 1 is 1.36 bits per heavy atom. The number of amides is 1. The molecule has 3 rings (SSSR count). The molecule has 1 atom stereocenters. The molecule has 1 aliphatic rings. The van der Waals surface area contributed by atoms with E-state index in [0.717, 1.165) is 43.7 Å². The van der Waals surface area contributed by atoms with Crippen molar-refractivity contribution in [2.24, 2.45) is 0 Å². The van der Waals surface area contributed by atoms with Crippen LogP contribution in [-0.4, -0.2) is 31.7 Å². The normalized spacial score (nSPS) is 17.6. The van der Waals surface area contributed by atoms with E-state index in [1.54, 1.807) is 6.20 Å². The van der Waals surface area contributed by atoms with E-state index in [0.29, 0.717) is 0 Å². The number of aromatic nitrogens is 3. The second-order valence-corrected chi connectivity index (χ2v) is 5.92. The Morgan fingerprint density at radius 2 is 2.18 bits per heavy atom. The fourth-order valence-electron chi connectivity index (χ4n) is 3.39. The molecule has 5 heteroatoms. The van der Waals surface area contributed by atoms with Gasteiger partial charge >= 0.3 is 0 Å². The van der Waals surface area contributed by atoms with Crippen molar-refractivity contribution in [2.75, 3.05) is 6.54 Å². The highest BCUT2D eigenvalue weighted by Gasteiger charge is 2.31. The summed E-state index contributed by atoms with van der Waals surface area (Å²) in [4.78, 5) is 15.0. The van der Waals surface area contributed by atoms with Gasteiger partial charge in [-0.2, -0.15) is 5.10 Å². The topological polar surface area (TPSA) is 43.1 Å². The van der Waals surface area contributed by atoms with Crippen LogP contribution >= 0.6 is 0 Å². The molecule has 0 saturated heterocycles. The first-order valence-corrected chi connectivity index (χ1v) is 8.15. The summed E-state index contributed by atoms with van der Waals surface area (Å²) < 4.78 is 4.19. The number of carbonyl (C=O) groups is 1. The first-order chi connectivity index (χ1) is 10.7.